The second-order valence-corrected chi connectivity index (χ2v) is 18.4. The molecule has 0 saturated heterocycles. The van der Waals surface area contributed by atoms with E-state index in [1.165, 1.54) is 12.7 Å². The molecular formula is C55H57N5O8. The molecule has 350 valence electrons. The van der Waals surface area contributed by atoms with Crippen molar-refractivity contribution in [2.75, 3.05) is 22.2 Å². The maximum absolute atomic E-state index is 14.1. The van der Waals surface area contributed by atoms with Crippen LogP contribution in [-0.2, 0) is 46.9 Å². The highest BCUT2D eigenvalue weighted by atomic mass is 16.5. The van der Waals surface area contributed by atoms with Crippen molar-refractivity contribution < 1.29 is 38.2 Å². The number of rotatable bonds is 16. The first-order chi connectivity index (χ1) is 32.9. The van der Waals surface area contributed by atoms with Gasteiger partial charge in [0, 0.05) is 66.1 Å². The second kappa shape index (κ2) is 19.5. The number of nitrogens with one attached hydrogen (secondary N) is 2. The van der Waals surface area contributed by atoms with Crippen LogP contribution in [0.1, 0.15) is 107 Å². The van der Waals surface area contributed by atoms with Gasteiger partial charge in [-0.05, 0) is 121 Å². The molecule has 4 aliphatic rings. The molecule has 9 rings (SSSR count). The zero-order valence-corrected chi connectivity index (χ0v) is 39.2. The maximum Gasteiger partial charge on any atom is 0.261 e. The zero-order chi connectivity index (χ0) is 47.6. The van der Waals surface area contributed by atoms with Gasteiger partial charge < -0.3 is 29.7 Å². The summed E-state index contributed by atoms with van der Waals surface area (Å²) in [5.41, 5.74) is 9.39. The lowest BCUT2D eigenvalue weighted by atomic mass is 9.98. The summed E-state index contributed by atoms with van der Waals surface area (Å²) < 4.78 is 18.7. The van der Waals surface area contributed by atoms with Gasteiger partial charge in [0.05, 0.1) is 30.4 Å². The largest absolute Gasteiger partial charge is 0.493 e. The summed E-state index contributed by atoms with van der Waals surface area (Å²) >= 11 is 0. The Morgan fingerprint density at radius 3 is 2.18 bits per heavy atom. The molecule has 13 nitrogen and oxygen atoms in total. The van der Waals surface area contributed by atoms with Crippen molar-refractivity contribution >= 4 is 58.4 Å². The molecule has 5 aromatic carbocycles. The minimum Gasteiger partial charge on any atom is -0.493 e. The summed E-state index contributed by atoms with van der Waals surface area (Å²) in [5.74, 6) is -0.233. The number of methoxy groups -OCH3 is 1. The molecule has 0 unspecified atom stereocenters. The molecule has 0 bridgehead atoms. The normalized spacial score (nSPS) is 17.3. The number of fused-ring (bicyclic) bond motifs is 8. The van der Waals surface area contributed by atoms with E-state index >= 15 is 0 Å². The molecule has 4 amide bonds. The molecule has 2 N–H and O–H groups in total. The van der Waals surface area contributed by atoms with Gasteiger partial charge in [0.1, 0.15) is 19.0 Å². The van der Waals surface area contributed by atoms with Crippen molar-refractivity contribution in [3.63, 3.8) is 0 Å². The number of carbonyl (C=O) groups excluding carboxylic acids is 5. The van der Waals surface area contributed by atoms with Crippen LogP contribution in [0.4, 0.5) is 22.7 Å². The van der Waals surface area contributed by atoms with Crippen LogP contribution in [0.2, 0.25) is 0 Å². The number of para-hydroxylation sites is 2. The minimum atomic E-state index is -0.718. The summed E-state index contributed by atoms with van der Waals surface area (Å²) in [6.07, 6.45) is 6.78. The number of ether oxygens (including phenoxy) is 3. The number of amides is 4. The molecule has 4 atom stereocenters. The molecule has 0 spiro atoms. The predicted octanol–water partition coefficient (Wildman–Crippen LogP) is 9.20. The number of anilines is 3. The number of benzene rings is 5. The van der Waals surface area contributed by atoms with Gasteiger partial charge in [-0.25, -0.2) is 0 Å². The second-order valence-electron chi connectivity index (χ2n) is 18.4. The van der Waals surface area contributed by atoms with Gasteiger partial charge in [0.15, 0.2) is 17.3 Å². The summed E-state index contributed by atoms with van der Waals surface area (Å²) in [4.78, 5) is 75.7. The fraction of sp³-hybridized carbons (Fsp3) is 0.345. The Morgan fingerprint density at radius 2 is 1.46 bits per heavy atom. The fourth-order valence-electron chi connectivity index (χ4n) is 9.79. The van der Waals surface area contributed by atoms with Gasteiger partial charge in [-0.15, -0.1) is 0 Å². The Kier molecular flexibility index (Phi) is 13.2. The highest BCUT2D eigenvalue weighted by Crippen LogP contribution is 2.42. The molecule has 4 heterocycles. The Morgan fingerprint density at radius 1 is 0.779 bits per heavy atom. The fourth-order valence-corrected chi connectivity index (χ4v) is 9.79. The van der Waals surface area contributed by atoms with E-state index in [4.69, 9.17) is 19.2 Å². The topological polar surface area (TPSA) is 156 Å². The van der Waals surface area contributed by atoms with Crippen LogP contribution in [0.3, 0.4) is 0 Å². The average molecular weight is 916 g/mol. The van der Waals surface area contributed by atoms with E-state index < -0.39 is 12.0 Å². The Balaban J connectivity index is 0.949. The van der Waals surface area contributed by atoms with Gasteiger partial charge in [0.25, 0.3) is 11.8 Å². The lowest BCUT2D eigenvalue weighted by Gasteiger charge is -2.23. The van der Waals surface area contributed by atoms with Crippen LogP contribution in [0.5, 0.6) is 17.2 Å². The van der Waals surface area contributed by atoms with Crippen molar-refractivity contribution in [2.45, 2.75) is 110 Å². The molecule has 5 aromatic rings. The summed E-state index contributed by atoms with van der Waals surface area (Å²) in [6.45, 7) is 7.45. The quantitative estimate of drug-likeness (QED) is 0.0993. The van der Waals surface area contributed by atoms with Crippen LogP contribution in [0.25, 0.3) is 0 Å². The van der Waals surface area contributed by atoms with Crippen molar-refractivity contribution in [3.05, 3.63) is 136 Å². The average Bonchev–Trinajstić information content (AvgIpc) is 3.83. The Bertz CT molecular complexity index is 2860. The lowest BCUT2D eigenvalue weighted by molar-refractivity contribution is -0.129. The first kappa shape index (κ1) is 45.9. The first-order valence-electron chi connectivity index (χ1n) is 23.6. The molecule has 0 aromatic heterocycles. The molecular weight excluding hydrogens is 859 g/mol. The SMILES string of the molecule is CCCCC(=O)N[C@@H](C)C(=O)C[C@@H](C)C(=O)Nc1cc(COc2cc3c(cc2C)C(=O)N2c4ccccc4C[C@H]2CC3)cc(COc2cc3c(cc2OC)C(=O)N2c4ccccc4C[C@H]2C=N3)c1. The summed E-state index contributed by atoms with van der Waals surface area (Å²) in [7, 11) is 1.52. The first-order valence-corrected chi connectivity index (χ1v) is 23.6. The Hall–Kier alpha value is -7.28. The number of hydrogen-bond donors (Lipinski definition) is 2. The van der Waals surface area contributed by atoms with Crippen LogP contribution in [0, 0.1) is 12.8 Å². The number of aliphatic imine (C=N–C) groups is 1. The number of carbonyl (C=O) groups is 5. The lowest BCUT2D eigenvalue weighted by Crippen LogP contribution is -2.39. The third kappa shape index (κ3) is 9.34. The van der Waals surface area contributed by atoms with E-state index in [2.05, 4.69) is 16.7 Å². The summed E-state index contributed by atoms with van der Waals surface area (Å²) in [5, 5.41) is 5.76. The molecule has 13 heteroatoms. The van der Waals surface area contributed by atoms with Gasteiger partial charge >= 0.3 is 0 Å². The Labute approximate surface area is 396 Å². The molecule has 0 aliphatic carbocycles. The zero-order valence-electron chi connectivity index (χ0n) is 39.2. The van der Waals surface area contributed by atoms with E-state index in [-0.39, 0.29) is 61.1 Å². The minimum absolute atomic E-state index is 0.00734. The number of aryl methyl sites for hydroxylation is 2. The van der Waals surface area contributed by atoms with Crippen molar-refractivity contribution in [1.82, 2.24) is 5.32 Å². The van der Waals surface area contributed by atoms with Gasteiger partial charge in [0.2, 0.25) is 11.8 Å². The molecule has 4 aliphatic heterocycles. The monoisotopic (exact) mass is 915 g/mol. The standard InChI is InChI=1S/C55H57N5O8/c1-6-7-16-52(62)57-34(4)48(61)20-33(3)53(63)58-40-22-35(30-67-49-26-37-17-18-41-24-38-12-8-10-14-46(38)59(41)54(64)43(37)19-32(49)2)21-36(23-40)31-68-51-28-45-44(27-50(51)66-5)55(65)60-42(29-56-45)25-39-13-9-11-15-47(39)60/h8-15,19,21-23,26-29,33-34,41-42H,6-7,16-18,20,24-25,30-31H2,1-5H3,(H,57,62)(H,58,63)/t33-,34+,41-,42+/m1/s1. The number of nitrogens with zero attached hydrogens (tertiary/aromatic N) is 3. The van der Waals surface area contributed by atoms with E-state index in [9.17, 15) is 24.0 Å². The van der Waals surface area contributed by atoms with Crippen molar-refractivity contribution in [3.8, 4) is 17.2 Å². The van der Waals surface area contributed by atoms with E-state index in [0.29, 0.717) is 58.2 Å². The molecule has 68 heavy (non-hydrogen) atoms. The third-order valence-corrected chi connectivity index (χ3v) is 13.5. The van der Waals surface area contributed by atoms with Crippen molar-refractivity contribution in [2.24, 2.45) is 10.9 Å². The van der Waals surface area contributed by atoms with Gasteiger partial charge in [-0.2, -0.15) is 0 Å². The molecule has 0 fully saturated rings. The number of Topliss-reactive ketones (excluding diaryl/α,β-unsaturated/α-hetero) is 1. The van der Waals surface area contributed by atoms with E-state index in [1.807, 2.05) is 91.7 Å². The van der Waals surface area contributed by atoms with Crippen LogP contribution in [-0.4, -0.2) is 60.9 Å². The van der Waals surface area contributed by atoms with Crippen LogP contribution < -0.4 is 34.6 Å². The number of ketones is 1. The van der Waals surface area contributed by atoms with Gasteiger partial charge in [-0.1, -0.05) is 56.7 Å². The van der Waals surface area contributed by atoms with Crippen LogP contribution in [0.15, 0.2) is 96.0 Å². The third-order valence-electron chi connectivity index (χ3n) is 13.5. The molecule has 0 radical (unpaired) electrons. The summed E-state index contributed by atoms with van der Waals surface area (Å²) in [6, 6.07) is 28.1. The maximum atomic E-state index is 14.1. The van der Waals surface area contributed by atoms with Gasteiger partial charge in [-0.3, -0.25) is 33.9 Å². The van der Waals surface area contributed by atoms with Crippen molar-refractivity contribution in [1.29, 1.82) is 0 Å². The highest BCUT2D eigenvalue weighted by molar-refractivity contribution is 6.15. The number of unbranched alkanes of at least 4 members (excludes halogenated alkanes) is 1. The highest BCUT2D eigenvalue weighted by Gasteiger charge is 2.38. The smallest absolute Gasteiger partial charge is 0.261 e. The van der Waals surface area contributed by atoms with E-state index in [1.54, 1.807) is 36.9 Å². The number of hydrogen-bond acceptors (Lipinski definition) is 9. The predicted molar refractivity (Wildman–Crippen MR) is 262 cm³/mol. The molecule has 0 saturated carbocycles. The van der Waals surface area contributed by atoms with E-state index in [0.717, 1.165) is 65.7 Å². The van der Waals surface area contributed by atoms with Crippen LogP contribution >= 0.6 is 0 Å².